The number of hydrogen-bond acceptors (Lipinski definition) is 1. The second-order valence-corrected chi connectivity index (χ2v) is 3.64. The van der Waals surface area contributed by atoms with Gasteiger partial charge in [-0.25, -0.2) is 4.79 Å². The molecule has 12 heavy (non-hydrogen) atoms. The minimum atomic E-state index is -0.895. The third-order valence-corrected chi connectivity index (χ3v) is 2.71. The number of hydrogen-bond donors (Lipinski definition) is 2. The molecule has 0 aromatic heterocycles. The number of nitrogens with one attached hydrogen (secondary N) is 1. The molecular weight excluding hydrogens is 154 g/mol. The van der Waals surface area contributed by atoms with Crippen LogP contribution in [0.5, 0.6) is 0 Å². The monoisotopic (exact) mass is 171 g/mol. The largest absolute Gasteiger partial charge is 0.465 e. The van der Waals surface area contributed by atoms with Crippen LogP contribution in [0.1, 0.15) is 39.0 Å². The van der Waals surface area contributed by atoms with Crippen molar-refractivity contribution in [1.29, 1.82) is 0 Å². The topological polar surface area (TPSA) is 49.3 Å². The van der Waals surface area contributed by atoms with Crippen molar-refractivity contribution in [3.8, 4) is 0 Å². The van der Waals surface area contributed by atoms with Crippen molar-refractivity contribution >= 4 is 6.09 Å². The van der Waals surface area contributed by atoms with Gasteiger partial charge in [0, 0.05) is 6.04 Å². The van der Waals surface area contributed by atoms with Crippen LogP contribution < -0.4 is 5.32 Å². The van der Waals surface area contributed by atoms with Crippen LogP contribution in [-0.2, 0) is 0 Å². The molecule has 1 amide bonds. The lowest BCUT2D eigenvalue weighted by Gasteiger charge is -2.27. The van der Waals surface area contributed by atoms with Crippen molar-refractivity contribution in [2.24, 2.45) is 5.92 Å². The Bertz CT molecular complexity index is 153. The van der Waals surface area contributed by atoms with E-state index in [4.69, 9.17) is 5.11 Å². The lowest BCUT2D eigenvalue weighted by molar-refractivity contribution is 0.181. The number of rotatable bonds is 2. The van der Waals surface area contributed by atoms with E-state index < -0.39 is 6.09 Å². The van der Waals surface area contributed by atoms with Gasteiger partial charge in [0.15, 0.2) is 0 Å². The van der Waals surface area contributed by atoms with Gasteiger partial charge in [0.05, 0.1) is 0 Å². The van der Waals surface area contributed by atoms with Crippen LogP contribution in [0.3, 0.4) is 0 Å². The molecule has 0 heterocycles. The average Bonchev–Trinajstić information content (AvgIpc) is 2.05. The van der Waals surface area contributed by atoms with E-state index >= 15 is 0 Å². The van der Waals surface area contributed by atoms with Crippen molar-refractivity contribution in [1.82, 2.24) is 5.32 Å². The fraction of sp³-hybridized carbons (Fsp3) is 0.889. The Morgan fingerprint density at radius 1 is 1.42 bits per heavy atom. The molecule has 2 N–H and O–H groups in total. The number of carboxylic acid groups (broad SMARTS) is 1. The summed E-state index contributed by atoms with van der Waals surface area (Å²) in [5, 5.41) is 11.0. The van der Waals surface area contributed by atoms with E-state index in [1.54, 1.807) is 0 Å². The minimum Gasteiger partial charge on any atom is -0.465 e. The highest BCUT2D eigenvalue weighted by Gasteiger charge is 2.20. The highest BCUT2D eigenvalue weighted by Crippen LogP contribution is 2.26. The van der Waals surface area contributed by atoms with Crippen molar-refractivity contribution in [2.75, 3.05) is 0 Å². The molecule has 1 aliphatic carbocycles. The van der Waals surface area contributed by atoms with Gasteiger partial charge in [0.2, 0.25) is 0 Å². The molecule has 0 aromatic rings. The van der Waals surface area contributed by atoms with E-state index in [0.717, 1.165) is 0 Å². The fourth-order valence-electron chi connectivity index (χ4n) is 1.95. The first kappa shape index (κ1) is 9.36. The summed E-state index contributed by atoms with van der Waals surface area (Å²) >= 11 is 0. The van der Waals surface area contributed by atoms with E-state index in [-0.39, 0.29) is 6.04 Å². The van der Waals surface area contributed by atoms with Crippen molar-refractivity contribution < 1.29 is 9.90 Å². The summed E-state index contributed by atoms with van der Waals surface area (Å²) < 4.78 is 0. The maximum absolute atomic E-state index is 10.3. The normalized spacial score (nSPS) is 21.8. The van der Waals surface area contributed by atoms with E-state index in [1.807, 2.05) is 6.92 Å². The first-order valence-electron chi connectivity index (χ1n) is 4.69. The molecule has 0 bridgehead atoms. The predicted octanol–water partition coefficient (Wildman–Crippen LogP) is 2.22. The number of amides is 1. The Morgan fingerprint density at radius 3 is 2.50 bits per heavy atom. The van der Waals surface area contributed by atoms with E-state index in [0.29, 0.717) is 5.92 Å². The standard InChI is InChI=1S/C9H17NO2/c1-7(10-9(11)12)8-5-3-2-4-6-8/h7-8,10H,2-6H2,1H3,(H,11,12)/t7-/m1/s1. The molecule has 0 aliphatic heterocycles. The third-order valence-electron chi connectivity index (χ3n) is 2.71. The van der Waals surface area contributed by atoms with Gasteiger partial charge < -0.3 is 10.4 Å². The lowest BCUT2D eigenvalue weighted by atomic mass is 9.85. The molecule has 1 fully saturated rings. The van der Waals surface area contributed by atoms with E-state index in [9.17, 15) is 4.79 Å². The molecule has 3 heteroatoms. The summed E-state index contributed by atoms with van der Waals surface area (Å²) in [6, 6.07) is 0.128. The summed E-state index contributed by atoms with van der Waals surface area (Å²) in [5.41, 5.74) is 0. The molecule has 0 saturated heterocycles. The first-order valence-corrected chi connectivity index (χ1v) is 4.69. The molecule has 0 unspecified atom stereocenters. The Hall–Kier alpha value is -0.730. The Kier molecular flexibility index (Phi) is 3.38. The summed E-state index contributed by atoms with van der Waals surface area (Å²) in [7, 11) is 0. The van der Waals surface area contributed by atoms with Crippen molar-refractivity contribution in [3.05, 3.63) is 0 Å². The molecule has 1 rings (SSSR count). The SMILES string of the molecule is C[C@@H](NC(=O)O)C1CCCCC1. The Labute approximate surface area is 73.2 Å². The molecular formula is C9H17NO2. The predicted molar refractivity (Wildman–Crippen MR) is 47.2 cm³/mol. The third kappa shape index (κ3) is 2.72. The molecule has 1 aliphatic rings. The van der Waals surface area contributed by atoms with Crippen LogP contribution in [-0.4, -0.2) is 17.2 Å². The van der Waals surface area contributed by atoms with Crippen molar-refractivity contribution in [3.63, 3.8) is 0 Å². The van der Waals surface area contributed by atoms with Gasteiger partial charge in [-0.1, -0.05) is 19.3 Å². The molecule has 0 aromatic carbocycles. The lowest BCUT2D eigenvalue weighted by Crippen LogP contribution is -2.37. The van der Waals surface area contributed by atoms with Gasteiger partial charge >= 0.3 is 6.09 Å². The maximum Gasteiger partial charge on any atom is 0.404 e. The zero-order valence-electron chi connectivity index (χ0n) is 7.55. The van der Waals surface area contributed by atoms with Gasteiger partial charge in [-0.15, -0.1) is 0 Å². The van der Waals surface area contributed by atoms with Gasteiger partial charge in [-0.05, 0) is 25.7 Å². The van der Waals surface area contributed by atoms with Crippen LogP contribution in [0, 0.1) is 5.92 Å². The van der Waals surface area contributed by atoms with Gasteiger partial charge in [0.25, 0.3) is 0 Å². The van der Waals surface area contributed by atoms with Crippen LogP contribution in [0.25, 0.3) is 0 Å². The zero-order valence-corrected chi connectivity index (χ0v) is 7.55. The summed E-state index contributed by atoms with van der Waals surface area (Å²) in [5.74, 6) is 0.565. The van der Waals surface area contributed by atoms with Gasteiger partial charge in [-0.3, -0.25) is 0 Å². The van der Waals surface area contributed by atoms with Crippen LogP contribution in [0.2, 0.25) is 0 Å². The zero-order chi connectivity index (χ0) is 8.97. The molecule has 1 saturated carbocycles. The quantitative estimate of drug-likeness (QED) is 0.669. The Morgan fingerprint density at radius 2 is 2.00 bits per heavy atom. The van der Waals surface area contributed by atoms with E-state index in [1.165, 1.54) is 32.1 Å². The summed E-state index contributed by atoms with van der Waals surface area (Å²) in [6.45, 7) is 1.96. The highest BCUT2D eigenvalue weighted by molar-refractivity contribution is 5.64. The smallest absolute Gasteiger partial charge is 0.404 e. The summed E-state index contributed by atoms with van der Waals surface area (Å²) in [4.78, 5) is 10.3. The van der Waals surface area contributed by atoms with E-state index in [2.05, 4.69) is 5.32 Å². The van der Waals surface area contributed by atoms with Gasteiger partial charge in [0.1, 0.15) is 0 Å². The number of carbonyl (C=O) groups is 1. The van der Waals surface area contributed by atoms with Crippen molar-refractivity contribution in [2.45, 2.75) is 45.1 Å². The van der Waals surface area contributed by atoms with Gasteiger partial charge in [-0.2, -0.15) is 0 Å². The molecule has 1 atom stereocenters. The highest BCUT2D eigenvalue weighted by atomic mass is 16.4. The van der Waals surface area contributed by atoms with Crippen LogP contribution in [0.4, 0.5) is 4.79 Å². The fourth-order valence-corrected chi connectivity index (χ4v) is 1.95. The minimum absolute atomic E-state index is 0.128. The van der Waals surface area contributed by atoms with Crippen LogP contribution >= 0.6 is 0 Å². The second kappa shape index (κ2) is 4.33. The first-order chi connectivity index (χ1) is 5.70. The molecule has 3 nitrogen and oxygen atoms in total. The summed E-state index contributed by atoms with van der Waals surface area (Å²) in [6.07, 6.45) is 5.30. The second-order valence-electron chi connectivity index (χ2n) is 3.64. The molecule has 0 spiro atoms. The Balaban J connectivity index is 2.29. The molecule has 0 radical (unpaired) electrons. The van der Waals surface area contributed by atoms with Crippen LogP contribution in [0.15, 0.2) is 0 Å². The maximum atomic E-state index is 10.3. The molecule has 70 valence electrons. The average molecular weight is 171 g/mol.